The van der Waals surface area contributed by atoms with Gasteiger partial charge >= 0.3 is 0 Å². The summed E-state index contributed by atoms with van der Waals surface area (Å²) in [7, 11) is 1.91. The van der Waals surface area contributed by atoms with E-state index in [1.54, 1.807) is 0 Å². The number of carbonyl (C=O) groups is 1. The molecule has 5 heteroatoms. The summed E-state index contributed by atoms with van der Waals surface area (Å²) in [5.41, 5.74) is 0.731. The van der Waals surface area contributed by atoms with Crippen LogP contribution in [0.3, 0.4) is 0 Å². The van der Waals surface area contributed by atoms with Gasteiger partial charge in [-0.3, -0.25) is 9.69 Å². The fourth-order valence-electron chi connectivity index (χ4n) is 2.97. The van der Waals surface area contributed by atoms with Gasteiger partial charge in [-0.1, -0.05) is 15.9 Å². The van der Waals surface area contributed by atoms with Crippen LogP contribution >= 0.6 is 15.9 Å². The van der Waals surface area contributed by atoms with Crippen LogP contribution in [0.2, 0.25) is 0 Å². The molecule has 21 heavy (non-hydrogen) atoms. The standard InChI is InChI=1S/C16H21BrN2O2/c1-18(16(21)12-4-6-13(17)7-5-12)15(11-2-3-11)10-19-8-14(20)9-19/h4-7,11,14-15,20H,2-3,8-10H2,1H3. The quantitative estimate of drug-likeness (QED) is 0.880. The average Bonchev–Trinajstić information content (AvgIpc) is 3.26. The summed E-state index contributed by atoms with van der Waals surface area (Å²) >= 11 is 3.39. The smallest absolute Gasteiger partial charge is 0.253 e. The molecule has 0 aromatic heterocycles. The van der Waals surface area contributed by atoms with E-state index in [1.165, 1.54) is 12.8 Å². The molecule has 1 saturated heterocycles. The predicted molar refractivity (Wildman–Crippen MR) is 85.2 cm³/mol. The lowest BCUT2D eigenvalue weighted by Gasteiger charge is -2.40. The Morgan fingerprint density at radius 2 is 2.00 bits per heavy atom. The normalized spacial score (nSPS) is 20.9. The van der Waals surface area contributed by atoms with Crippen molar-refractivity contribution in [2.75, 3.05) is 26.7 Å². The number of amides is 1. The molecule has 4 nitrogen and oxygen atoms in total. The van der Waals surface area contributed by atoms with Gasteiger partial charge in [-0.25, -0.2) is 0 Å². The summed E-state index contributed by atoms with van der Waals surface area (Å²) in [6.45, 7) is 2.35. The van der Waals surface area contributed by atoms with Crippen molar-refractivity contribution in [3.63, 3.8) is 0 Å². The maximum atomic E-state index is 12.6. The Hall–Kier alpha value is -0.910. The minimum atomic E-state index is -0.183. The highest BCUT2D eigenvalue weighted by Gasteiger charge is 2.39. The van der Waals surface area contributed by atoms with Gasteiger partial charge in [-0.15, -0.1) is 0 Å². The highest BCUT2D eigenvalue weighted by molar-refractivity contribution is 9.10. The molecule has 0 bridgehead atoms. The van der Waals surface area contributed by atoms with Gasteiger partial charge in [0.05, 0.1) is 6.10 Å². The number of benzene rings is 1. The lowest BCUT2D eigenvalue weighted by atomic mass is 10.1. The van der Waals surface area contributed by atoms with Crippen molar-refractivity contribution in [2.45, 2.75) is 25.0 Å². The Morgan fingerprint density at radius 3 is 2.52 bits per heavy atom. The second-order valence-corrected chi connectivity index (χ2v) is 7.12. The van der Waals surface area contributed by atoms with E-state index in [4.69, 9.17) is 0 Å². The van der Waals surface area contributed by atoms with Crippen molar-refractivity contribution < 1.29 is 9.90 Å². The summed E-state index contributed by atoms with van der Waals surface area (Å²) in [4.78, 5) is 16.8. The van der Waals surface area contributed by atoms with E-state index in [1.807, 2.05) is 36.2 Å². The van der Waals surface area contributed by atoms with Gasteiger partial charge in [0.15, 0.2) is 0 Å². The molecule has 2 fully saturated rings. The molecule has 1 aromatic rings. The van der Waals surface area contributed by atoms with E-state index in [9.17, 15) is 9.90 Å². The Balaban J connectivity index is 1.66. The van der Waals surface area contributed by atoms with Crippen LogP contribution in [-0.2, 0) is 0 Å². The van der Waals surface area contributed by atoms with E-state index < -0.39 is 0 Å². The maximum Gasteiger partial charge on any atom is 0.253 e. The number of carbonyl (C=O) groups excluding carboxylic acids is 1. The number of β-amino-alcohol motifs (C(OH)–C–C–N with tert-alkyl or cyclic N) is 1. The Kier molecular flexibility index (Phi) is 4.33. The molecule has 1 N–H and O–H groups in total. The summed E-state index contributed by atoms with van der Waals surface area (Å²) in [5.74, 6) is 0.701. The molecular weight excluding hydrogens is 332 g/mol. The first-order valence-electron chi connectivity index (χ1n) is 7.47. The van der Waals surface area contributed by atoms with Crippen LogP contribution in [0.25, 0.3) is 0 Å². The van der Waals surface area contributed by atoms with E-state index in [0.717, 1.165) is 29.7 Å². The second kappa shape index (κ2) is 6.07. The number of aliphatic hydroxyl groups excluding tert-OH is 1. The molecule has 1 aromatic carbocycles. The van der Waals surface area contributed by atoms with E-state index in [-0.39, 0.29) is 18.1 Å². The first-order chi connectivity index (χ1) is 10.0. The third-order valence-corrected chi connectivity index (χ3v) is 4.99. The van der Waals surface area contributed by atoms with Crippen LogP contribution in [-0.4, -0.2) is 59.6 Å². The molecular formula is C16H21BrN2O2. The van der Waals surface area contributed by atoms with Crippen molar-refractivity contribution in [3.8, 4) is 0 Å². The molecule has 1 aliphatic carbocycles. The van der Waals surface area contributed by atoms with Crippen molar-refractivity contribution in [2.24, 2.45) is 5.92 Å². The monoisotopic (exact) mass is 352 g/mol. The molecule has 1 atom stereocenters. The molecule has 1 heterocycles. The Morgan fingerprint density at radius 1 is 1.38 bits per heavy atom. The lowest BCUT2D eigenvalue weighted by Crippen LogP contribution is -2.56. The van der Waals surface area contributed by atoms with Crippen LogP contribution in [0.1, 0.15) is 23.2 Å². The molecule has 114 valence electrons. The van der Waals surface area contributed by atoms with Gasteiger partial charge in [0.25, 0.3) is 5.91 Å². The van der Waals surface area contributed by atoms with Gasteiger partial charge in [0.1, 0.15) is 0 Å². The molecule has 3 rings (SSSR count). The number of hydrogen-bond donors (Lipinski definition) is 1. The Bertz CT molecular complexity index is 510. The lowest BCUT2D eigenvalue weighted by molar-refractivity contribution is -0.0127. The molecule has 1 unspecified atom stereocenters. The third kappa shape index (κ3) is 3.47. The number of halogens is 1. The minimum Gasteiger partial charge on any atom is -0.390 e. The molecule has 0 spiro atoms. The number of likely N-dealkylation sites (tertiary alicyclic amines) is 1. The van der Waals surface area contributed by atoms with E-state index in [2.05, 4.69) is 20.8 Å². The zero-order valence-electron chi connectivity index (χ0n) is 12.2. The van der Waals surface area contributed by atoms with Gasteiger partial charge in [0, 0.05) is 42.8 Å². The summed E-state index contributed by atoms with van der Waals surface area (Å²) in [6, 6.07) is 7.78. The van der Waals surface area contributed by atoms with Gasteiger partial charge in [-0.2, -0.15) is 0 Å². The molecule has 2 aliphatic rings. The van der Waals surface area contributed by atoms with Gasteiger partial charge in [0.2, 0.25) is 0 Å². The number of hydrogen-bond acceptors (Lipinski definition) is 3. The third-order valence-electron chi connectivity index (χ3n) is 4.46. The molecule has 1 amide bonds. The maximum absolute atomic E-state index is 12.6. The topological polar surface area (TPSA) is 43.8 Å². The molecule has 1 aliphatic heterocycles. The van der Waals surface area contributed by atoms with Crippen molar-refractivity contribution in [1.29, 1.82) is 0 Å². The number of rotatable bonds is 5. The van der Waals surface area contributed by atoms with E-state index in [0.29, 0.717) is 5.92 Å². The van der Waals surface area contributed by atoms with E-state index >= 15 is 0 Å². The minimum absolute atomic E-state index is 0.0838. The van der Waals surface area contributed by atoms with Crippen LogP contribution in [0.5, 0.6) is 0 Å². The highest BCUT2D eigenvalue weighted by Crippen LogP contribution is 2.36. The van der Waals surface area contributed by atoms with Crippen LogP contribution in [0.4, 0.5) is 0 Å². The average molecular weight is 353 g/mol. The van der Waals surface area contributed by atoms with Gasteiger partial charge < -0.3 is 10.0 Å². The fraction of sp³-hybridized carbons (Fsp3) is 0.562. The Labute approximate surface area is 133 Å². The predicted octanol–water partition coefficient (Wildman–Crippen LogP) is 1.98. The zero-order chi connectivity index (χ0) is 15.0. The van der Waals surface area contributed by atoms with Crippen LogP contribution < -0.4 is 0 Å². The summed E-state index contributed by atoms with van der Waals surface area (Å²) < 4.78 is 0.981. The number of aliphatic hydroxyl groups is 1. The van der Waals surface area contributed by atoms with Crippen molar-refractivity contribution in [3.05, 3.63) is 34.3 Å². The second-order valence-electron chi connectivity index (χ2n) is 6.20. The van der Waals surface area contributed by atoms with Crippen molar-refractivity contribution >= 4 is 21.8 Å². The number of likely N-dealkylation sites (N-methyl/N-ethyl adjacent to an activating group) is 1. The van der Waals surface area contributed by atoms with Gasteiger partial charge in [-0.05, 0) is 43.0 Å². The van der Waals surface area contributed by atoms with Crippen molar-refractivity contribution in [1.82, 2.24) is 9.80 Å². The fourth-order valence-corrected chi connectivity index (χ4v) is 3.24. The molecule has 0 radical (unpaired) electrons. The summed E-state index contributed by atoms with van der Waals surface area (Å²) in [6.07, 6.45) is 2.23. The van der Waals surface area contributed by atoms with Crippen LogP contribution in [0.15, 0.2) is 28.7 Å². The largest absolute Gasteiger partial charge is 0.390 e. The number of nitrogens with zero attached hydrogens (tertiary/aromatic N) is 2. The summed E-state index contributed by atoms with van der Waals surface area (Å²) in [5, 5.41) is 9.41. The SMILES string of the molecule is CN(C(=O)c1ccc(Br)cc1)C(CN1CC(O)C1)C1CC1. The van der Waals surface area contributed by atoms with Crippen LogP contribution in [0, 0.1) is 5.92 Å². The first kappa shape index (κ1) is 15.0. The molecule has 1 saturated carbocycles. The highest BCUT2D eigenvalue weighted by atomic mass is 79.9. The zero-order valence-corrected chi connectivity index (χ0v) is 13.8. The first-order valence-corrected chi connectivity index (χ1v) is 8.27.